The Kier molecular flexibility index (Phi) is 8.80. The summed E-state index contributed by atoms with van der Waals surface area (Å²) in [7, 11) is 0. The van der Waals surface area contributed by atoms with Gasteiger partial charge in [0.15, 0.2) is 0 Å². The van der Waals surface area contributed by atoms with Gasteiger partial charge in [-0.25, -0.2) is 4.98 Å². The van der Waals surface area contributed by atoms with Crippen LogP contribution in [-0.4, -0.2) is 45.8 Å². The molecule has 2 aliphatic rings. The molecule has 8 heteroatoms. The minimum Gasteiger partial charge on any atom is -0.458 e. The molecule has 1 aromatic heterocycles. The molecule has 3 rings (SSSR count). The third kappa shape index (κ3) is 6.42. The highest BCUT2D eigenvalue weighted by atomic mass is 32.1. The van der Waals surface area contributed by atoms with Crippen molar-refractivity contribution in [2.75, 3.05) is 0 Å². The number of epoxide rings is 1. The van der Waals surface area contributed by atoms with Gasteiger partial charge in [0, 0.05) is 23.1 Å². The van der Waals surface area contributed by atoms with Gasteiger partial charge in [0.2, 0.25) is 0 Å². The maximum absolute atomic E-state index is 13.4. The maximum Gasteiger partial charge on any atom is 0.307 e. The minimum absolute atomic E-state index is 0.0485. The lowest BCUT2D eigenvalue weighted by atomic mass is 9.69. The van der Waals surface area contributed by atoms with E-state index >= 15 is 0 Å². The molecule has 198 valence electrons. The van der Waals surface area contributed by atoms with Gasteiger partial charge in [0.1, 0.15) is 11.9 Å². The van der Waals surface area contributed by atoms with Crippen molar-refractivity contribution in [3.8, 4) is 6.07 Å². The highest BCUT2D eigenvalue weighted by molar-refractivity contribution is 7.09. The number of nitriles is 1. The van der Waals surface area contributed by atoms with Gasteiger partial charge in [-0.2, -0.15) is 5.26 Å². The third-order valence-corrected chi connectivity index (χ3v) is 8.92. The number of fused-ring (bicyclic) bond motifs is 1. The van der Waals surface area contributed by atoms with Gasteiger partial charge in [0.05, 0.1) is 46.9 Å². The predicted octanol–water partition coefficient (Wildman–Crippen LogP) is 5.26. The Labute approximate surface area is 218 Å². The van der Waals surface area contributed by atoms with Crippen molar-refractivity contribution in [3.05, 3.63) is 21.7 Å². The molecule has 0 radical (unpaired) electrons. The molecule has 2 fully saturated rings. The number of esters is 1. The Morgan fingerprint density at radius 2 is 2.00 bits per heavy atom. The van der Waals surface area contributed by atoms with Crippen LogP contribution >= 0.6 is 11.3 Å². The first kappa shape index (κ1) is 28.5. The molecule has 0 aliphatic carbocycles. The van der Waals surface area contributed by atoms with Crippen LogP contribution in [-0.2, 0) is 19.1 Å². The molecular formula is C28H40N2O5S. The maximum atomic E-state index is 13.4. The molecule has 2 saturated heterocycles. The number of aliphatic hydroxyl groups is 1. The van der Waals surface area contributed by atoms with Crippen molar-refractivity contribution >= 4 is 29.2 Å². The molecule has 0 spiro atoms. The summed E-state index contributed by atoms with van der Waals surface area (Å²) in [6.07, 6.45) is 3.32. The number of Topliss-reactive ketones (excluding diaryl/α,β-unsaturated/α-hetero) is 1. The minimum atomic E-state index is -1.11. The van der Waals surface area contributed by atoms with Crippen LogP contribution in [0, 0.1) is 41.4 Å². The number of nitrogens with zero attached hydrogens (tertiary/aromatic N) is 2. The second-order valence-electron chi connectivity index (χ2n) is 11.4. The van der Waals surface area contributed by atoms with E-state index in [0.717, 1.165) is 35.5 Å². The first-order valence-electron chi connectivity index (χ1n) is 12.9. The van der Waals surface area contributed by atoms with Crippen molar-refractivity contribution in [2.24, 2.45) is 23.2 Å². The van der Waals surface area contributed by atoms with Crippen LogP contribution < -0.4 is 0 Å². The number of aromatic nitrogens is 1. The molecular weight excluding hydrogens is 476 g/mol. The van der Waals surface area contributed by atoms with Crippen LogP contribution in [0.25, 0.3) is 6.08 Å². The summed E-state index contributed by atoms with van der Waals surface area (Å²) in [5, 5.41) is 23.7. The fourth-order valence-corrected chi connectivity index (χ4v) is 5.86. The summed E-state index contributed by atoms with van der Waals surface area (Å²) in [6.45, 7) is 13.0. The number of hydrogen-bond acceptors (Lipinski definition) is 8. The SMILES string of the molecule is CC(=Cc1csc(C)n1)[C@@H]1C[C@@H]2OC2(C)CCC[C@H](C)[C@H](O)[C@@H](C)C(=O)C(C)(C)C(C#N)CC(=O)O1. The smallest absolute Gasteiger partial charge is 0.307 e. The van der Waals surface area contributed by atoms with E-state index in [4.69, 9.17) is 9.47 Å². The van der Waals surface area contributed by atoms with E-state index in [1.54, 1.807) is 32.1 Å². The molecule has 0 saturated carbocycles. The number of ether oxygens (including phenoxy) is 2. The lowest BCUT2D eigenvalue weighted by Gasteiger charge is -2.34. The normalized spacial score (nSPS) is 36.5. The topological polar surface area (TPSA) is 113 Å². The van der Waals surface area contributed by atoms with Crippen molar-refractivity contribution in [1.82, 2.24) is 4.98 Å². The monoisotopic (exact) mass is 516 g/mol. The molecule has 0 bridgehead atoms. The Bertz CT molecular complexity index is 1040. The summed E-state index contributed by atoms with van der Waals surface area (Å²) in [5.41, 5.74) is 0.270. The van der Waals surface area contributed by atoms with E-state index in [1.807, 2.05) is 32.2 Å². The molecule has 1 aromatic rings. The van der Waals surface area contributed by atoms with E-state index < -0.39 is 35.4 Å². The van der Waals surface area contributed by atoms with Crippen LogP contribution in [0.4, 0.5) is 0 Å². The van der Waals surface area contributed by atoms with E-state index in [-0.39, 0.29) is 29.8 Å². The van der Waals surface area contributed by atoms with E-state index in [1.165, 1.54) is 0 Å². The number of rotatable bonds is 2. The van der Waals surface area contributed by atoms with Gasteiger partial charge < -0.3 is 14.6 Å². The first-order valence-corrected chi connectivity index (χ1v) is 13.8. The van der Waals surface area contributed by atoms with Gasteiger partial charge in [-0.1, -0.05) is 34.1 Å². The molecule has 7 atom stereocenters. The first-order chi connectivity index (χ1) is 16.8. The molecule has 3 heterocycles. The quantitative estimate of drug-likeness (QED) is 0.421. The molecule has 2 aliphatic heterocycles. The Hall–Kier alpha value is -2.08. The lowest BCUT2D eigenvalue weighted by Crippen LogP contribution is -2.43. The Morgan fingerprint density at radius 1 is 1.31 bits per heavy atom. The number of aliphatic hydroxyl groups excluding tert-OH is 1. The van der Waals surface area contributed by atoms with Crippen LogP contribution in [0.15, 0.2) is 11.0 Å². The summed E-state index contributed by atoms with van der Waals surface area (Å²) in [4.78, 5) is 31.0. The molecule has 0 aromatic carbocycles. The molecule has 1 N–H and O–H groups in total. The van der Waals surface area contributed by atoms with Gasteiger partial charge in [-0.15, -0.1) is 11.3 Å². The zero-order chi connectivity index (χ0) is 26.8. The number of thiazole rings is 1. The number of cyclic esters (lactones) is 1. The van der Waals surface area contributed by atoms with Gasteiger partial charge in [-0.3, -0.25) is 9.59 Å². The largest absolute Gasteiger partial charge is 0.458 e. The number of carbonyl (C=O) groups excluding carboxylic acids is 2. The second-order valence-corrected chi connectivity index (χ2v) is 12.5. The predicted molar refractivity (Wildman–Crippen MR) is 139 cm³/mol. The van der Waals surface area contributed by atoms with E-state index in [2.05, 4.69) is 18.0 Å². The highest BCUT2D eigenvalue weighted by Gasteiger charge is 2.53. The van der Waals surface area contributed by atoms with Gasteiger partial charge in [-0.05, 0) is 51.2 Å². The van der Waals surface area contributed by atoms with Crippen LogP contribution in [0.2, 0.25) is 0 Å². The zero-order valence-electron chi connectivity index (χ0n) is 22.5. The van der Waals surface area contributed by atoms with Crippen molar-refractivity contribution in [1.29, 1.82) is 5.26 Å². The standard InChI is InChI=1S/C28H40N2O5S/c1-16-9-8-10-28(7)23(35-28)13-22(17(2)11-21-15-36-19(4)30-21)34-24(31)12-20(14-29)27(5,6)26(33)18(3)25(16)32/h11,15-16,18,20,22-23,25,32H,8-10,12-13H2,1-7H3/t16-,18+,20?,22-,23-,25-,28?/m0/s1. The molecule has 7 nitrogen and oxygen atoms in total. The summed E-state index contributed by atoms with van der Waals surface area (Å²) in [6, 6.07) is 2.16. The van der Waals surface area contributed by atoms with E-state index in [0.29, 0.717) is 6.42 Å². The molecule has 0 amide bonds. The number of aryl methyl sites for hydroxylation is 1. The Balaban J connectivity index is 1.89. The van der Waals surface area contributed by atoms with E-state index in [9.17, 15) is 20.0 Å². The fourth-order valence-electron chi connectivity index (χ4n) is 5.29. The number of hydrogen-bond donors (Lipinski definition) is 1. The van der Waals surface area contributed by atoms with Gasteiger partial charge in [0.25, 0.3) is 0 Å². The summed E-state index contributed by atoms with van der Waals surface area (Å²) >= 11 is 1.56. The summed E-state index contributed by atoms with van der Waals surface area (Å²) in [5.74, 6) is -2.32. The summed E-state index contributed by atoms with van der Waals surface area (Å²) < 4.78 is 12.0. The molecule has 2 unspecified atom stereocenters. The van der Waals surface area contributed by atoms with Crippen molar-refractivity contribution < 1.29 is 24.2 Å². The van der Waals surface area contributed by atoms with Crippen LogP contribution in [0.5, 0.6) is 0 Å². The average molecular weight is 517 g/mol. The second kappa shape index (κ2) is 11.1. The van der Waals surface area contributed by atoms with Crippen LogP contribution in [0.1, 0.15) is 84.3 Å². The van der Waals surface area contributed by atoms with Crippen LogP contribution in [0.3, 0.4) is 0 Å². The van der Waals surface area contributed by atoms with Crippen molar-refractivity contribution in [3.63, 3.8) is 0 Å². The fraction of sp³-hybridized carbons (Fsp3) is 0.714. The number of carbonyl (C=O) groups is 2. The Morgan fingerprint density at radius 3 is 2.61 bits per heavy atom. The highest BCUT2D eigenvalue weighted by Crippen LogP contribution is 2.45. The third-order valence-electron chi connectivity index (χ3n) is 8.13. The number of ketones is 1. The molecule has 36 heavy (non-hydrogen) atoms. The van der Waals surface area contributed by atoms with Gasteiger partial charge >= 0.3 is 5.97 Å². The zero-order valence-corrected chi connectivity index (χ0v) is 23.4. The lowest BCUT2D eigenvalue weighted by molar-refractivity contribution is -0.150. The van der Waals surface area contributed by atoms with Crippen molar-refractivity contribution in [2.45, 2.75) is 104 Å². The average Bonchev–Trinajstić information content (AvgIpc) is 3.26.